The maximum absolute atomic E-state index is 12.4. The standard InChI is InChI=1S/C20H25N3O2/c1-12(2)10-17-23-14(4)19(25-17)20(24)21-9-8-15-11-22-16-7-5-6-13(3)18(15)16/h5-7,11-12,22H,8-10H2,1-4H3,(H,21,24). The highest BCUT2D eigenvalue weighted by molar-refractivity contribution is 5.92. The van der Waals surface area contributed by atoms with E-state index in [1.165, 1.54) is 16.5 Å². The minimum Gasteiger partial charge on any atom is -0.435 e. The number of amides is 1. The Hall–Kier alpha value is -2.56. The first-order chi connectivity index (χ1) is 12.0. The van der Waals surface area contributed by atoms with E-state index < -0.39 is 0 Å². The SMILES string of the molecule is Cc1nc(CC(C)C)oc1C(=O)NCCc1c[nH]c2cccc(C)c12. The zero-order valence-electron chi connectivity index (χ0n) is 15.3. The summed E-state index contributed by atoms with van der Waals surface area (Å²) < 4.78 is 5.63. The number of aromatic nitrogens is 2. The van der Waals surface area contributed by atoms with Gasteiger partial charge >= 0.3 is 0 Å². The van der Waals surface area contributed by atoms with Crippen LogP contribution in [0.3, 0.4) is 0 Å². The summed E-state index contributed by atoms with van der Waals surface area (Å²) in [4.78, 5) is 20.0. The van der Waals surface area contributed by atoms with Gasteiger partial charge in [0.1, 0.15) is 0 Å². The number of carbonyl (C=O) groups is 1. The molecule has 0 saturated heterocycles. The lowest BCUT2D eigenvalue weighted by Crippen LogP contribution is -2.25. The van der Waals surface area contributed by atoms with Crippen LogP contribution in [-0.4, -0.2) is 22.4 Å². The zero-order valence-corrected chi connectivity index (χ0v) is 15.3. The molecule has 1 aromatic carbocycles. The fraction of sp³-hybridized carbons (Fsp3) is 0.400. The number of carbonyl (C=O) groups excluding carboxylic acids is 1. The van der Waals surface area contributed by atoms with E-state index in [2.05, 4.69) is 48.2 Å². The number of aryl methyl sites for hydroxylation is 2. The van der Waals surface area contributed by atoms with Gasteiger partial charge in [-0.3, -0.25) is 4.79 Å². The molecule has 0 saturated carbocycles. The molecule has 0 aliphatic heterocycles. The number of fused-ring (bicyclic) bond motifs is 1. The predicted molar refractivity (Wildman–Crippen MR) is 98.9 cm³/mol. The fourth-order valence-corrected chi connectivity index (χ4v) is 3.14. The second-order valence-electron chi connectivity index (χ2n) is 6.94. The van der Waals surface area contributed by atoms with Gasteiger partial charge in [-0.05, 0) is 43.4 Å². The lowest BCUT2D eigenvalue weighted by atomic mass is 10.1. The molecule has 5 heteroatoms. The van der Waals surface area contributed by atoms with Crippen LogP contribution in [0, 0.1) is 19.8 Å². The van der Waals surface area contributed by atoms with E-state index in [1.807, 2.05) is 19.2 Å². The molecule has 0 bridgehead atoms. The molecule has 25 heavy (non-hydrogen) atoms. The minimum absolute atomic E-state index is 0.198. The van der Waals surface area contributed by atoms with Crippen molar-refractivity contribution in [3.63, 3.8) is 0 Å². The van der Waals surface area contributed by atoms with E-state index in [-0.39, 0.29) is 5.91 Å². The van der Waals surface area contributed by atoms with Gasteiger partial charge in [-0.15, -0.1) is 0 Å². The third-order valence-electron chi connectivity index (χ3n) is 4.31. The first kappa shape index (κ1) is 17.3. The Morgan fingerprint density at radius 2 is 2.12 bits per heavy atom. The molecule has 3 rings (SSSR count). The number of benzene rings is 1. The van der Waals surface area contributed by atoms with Crippen LogP contribution < -0.4 is 5.32 Å². The van der Waals surface area contributed by atoms with Crippen molar-refractivity contribution >= 4 is 16.8 Å². The van der Waals surface area contributed by atoms with Crippen LogP contribution >= 0.6 is 0 Å². The molecule has 1 amide bonds. The quantitative estimate of drug-likeness (QED) is 0.714. The van der Waals surface area contributed by atoms with Gasteiger partial charge < -0.3 is 14.7 Å². The smallest absolute Gasteiger partial charge is 0.289 e. The van der Waals surface area contributed by atoms with Crippen molar-refractivity contribution in [2.75, 3.05) is 6.54 Å². The molecular formula is C20H25N3O2. The minimum atomic E-state index is -0.198. The van der Waals surface area contributed by atoms with Crippen LogP contribution in [0.15, 0.2) is 28.8 Å². The number of H-pyrrole nitrogens is 1. The van der Waals surface area contributed by atoms with E-state index in [1.54, 1.807) is 0 Å². The van der Waals surface area contributed by atoms with Crippen molar-refractivity contribution in [2.24, 2.45) is 5.92 Å². The molecule has 0 fully saturated rings. The number of aromatic amines is 1. The Morgan fingerprint density at radius 3 is 2.88 bits per heavy atom. The van der Waals surface area contributed by atoms with Crippen molar-refractivity contribution in [3.8, 4) is 0 Å². The van der Waals surface area contributed by atoms with Gasteiger partial charge in [0.05, 0.1) is 5.69 Å². The molecule has 0 radical (unpaired) electrons. The number of oxazole rings is 1. The molecule has 5 nitrogen and oxygen atoms in total. The Balaban J connectivity index is 1.64. The summed E-state index contributed by atoms with van der Waals surface area (Å²) in [6, 6.07) is 6.21. The molecule has 0 spiro atoms. The van der Waals surface area contributed by atoms with Crippen molar-refractivity contribution in [2.45, 2.75) is 40.5 Å². The van der Waals surface area contributed by atoms with Gasteiger partial charge in [0.25, 0.3) is 5.91 Å². The van der Waals surface area contributed by atoms with Gasteiger partial charge in [0.15, 0.2) is 5.89 Å². The van der Waals surface area contributed by atoms with Crippen LogP contribution in [0.1, 0.15) is 47.1 Å². The largest absolute Gasteiger partial charge is 0.435 e. The van der Waals surface area contributed by atoms with E-state index in [4.69, 9.17) is 4.42 Å². The maximum atomic E-state index is 12.4. The Labute approximate surface area is 147 Å². The molecule has 0 atom stereocenters. The van der Waals surface area contributed by atoms with Gasteiger partial charge in [0.2, 0.25) is 5.76 Å². The van der Waals surface area contributed by atoms with Crippen LogP contribution in [0.2, 0.25) is 0 Å². The Kier molecular flexibility index (Phi) is 4.93. The number of nitrogens with one attached hydrogen (secondary N) is 2. The normalized spacial score (nSPS) is 11.4. The topological polar surface area (TPSA) is 70.9 Å². The van der Waals surface area contributed by atoms with Crippen molar-refractivity contribution < 1.29 is 9.21 Å². The molecule has 0 aliphatic rings. The first-order valence-electron chi connectivity index (χ1n) is 8.75. The van der Waals surface area contributed by atoms with E-state index in [0.717, 1.165) is 18.4 Å². The monoisotopic (exact) mass is 339 g/mol. The van der Waals surface area contributed by atoms with Gasteiger partial charge in [0, 0.05) is 30.1 Å². The molecule has 132 valence electrons. The van der Waals surface area contributed by atoms with E-state index >= 15 is 0 Å². The number of nitrogens with zero attached hydrogens (tertiary/aromatic N) is 1. The van der Waals surface area contributed by atoms with Crippen molar-refractivity contribution in [3.05, 3.63) is 52.9 Å². The molecule has 0 unspecified atom stereocenters. The highest BCUT2D eigenvalue weighted by atomic mass is 16.4. The van der Waals surface area contributed by atoms with E-state index in [9.17, 15) is 4.79 Å². The average Bonchev–Trinajstić information content (AvgIpc) is 3.11. The molecule has 0 aliphatic carbocycles. The van der Waals surface area contributed by atoms with E-state index in [0.29, 0.717) is 29.8 Å². The summed E-state index contributed by atoms with van der Waals surface area (Å²) >= 11 is 0. The van der Waals surface area contributed by atoms with Crippen LogP contribution in [0.5, 0.6) is 0 Å². The molecule has 2 aromatic heterocycles. The van der Waals surface area contributed by atoms with Gasteiger partial charge in [-0.2, -0.15) is 0 Å². The molecule has 3 aromatic rings. The molecule has 2 heterocycles. The summed E-state index contributed by atoms with van der Waals surface area (Å²) in [5, 5.41) is 4.18. The van der Waals surface area contributed by atoms with Crippen LogP contribution in [0.25, 0.3) is 10.9 Å². The second-order valence-corrected chi connectivity index (χ2v) is 6.94. The fourth-order valence-electron chi connectivity index (χ4n) is 3.14. The molecular weight excluding hydrogens is 314 g/mol. The number of hydrogen-bond acceptors (Lipinski definition) is 3. The summed E-state index contributed by atoms with van der Waals surface area (Å²) in [6.45, 7) is 8.67. The third-order valence-corrected chi connectivity index (χ3v) is 4.31. The lowest BCUT2D eigenvalue weighted by molar-refractivity contribution is 0.0923. The predicted octanol–water partition coefficient (Wildman–Crippen LogP) is 3.94. The maximum Gasteiger partial charge on any atom is 0.289 e. The Bertz CT molecular complexity index is 890. The van der Waals surface area contributed by atoms with Crippen molar-refractivity contribution in [1.29, 1.82) is 0 Å². The number of rotatable bonds is 6. The summed E-state index contributed by atoms with van der Waals surface area (Å²) in [5.41, 5.74) is 4.23. The highest BCUT2D eigenvalue weighted by Gasteiger charge is 2.17. The van der Waals surface area contributed by atoms with Crippen LogP contribution in [-0.2, 0) is 12.8 Å². The Morgan fingerprint density at radius 1 is 1.32 bits per heavy atom. The first-order valence-corrected chi connectivity index (χ1v) is 8.75. The average molecular weight is 339 g/mol. The summed E-state index contributed by atoms with van der Waals surface area (Å²) in [6.07, 6.45) is 3.52. The highest BCUT2D eigenvalue weighted by Crippen LogP contribution is 2.22. The summed E-state index contributed by atoms with van der Waals surface area (Å²) in [5.74, 6) is 1.20. The lowest BCUT2D eigenvalue weighted by Gasteiger charge is -2.04. The van der Waals surface area contributed by atoms with Crippen LogP contribution in [0.4, 0.5) is 0 Å². The summed E-state index contributed by atoms with van der Waals surface area (Å²) in [7, 11) is 0. The molecule has 2 N–H and O–H groups in total. The third kappa shape index (κ3) is 3.76. The number of hydrogen-bond donors (Lipinski definition) is 2. The van der Waals surface area contributed by atoms with Gasteiger partial charge in [-0.25, -0.2) is 4.98 Å². The second kappa shape index (κ2) is 7.13. The zero-order chi connectivity index (χ0) is 18.0. The van der Waals surface area contributed by atoms with Gasteiger partial charge in [-0.1, -0.05) is 26.0 Å². The van der Waals surface area contributed by atoms with Crippen molar-refractivity contribution in [1.82, 2.24) is 15.3 Å².